The number of benzene rings is 1. The summed E-state index contributed by atoms with van der Waals surface area (Å²) < 4.78 is 11.5. The molecule has 2 aliphatic heterocycles. The smallest absolute Gasteiger partial charge is 0.304 e. The van der Waals surface area contributed by atoms with Crippen LogP contribution in [0.25, 0.3) is 0 Å². The third kappa shape index (κ3) is 3.48. The Kier molecular flexibility index (Phi) is 5.08. The standard InChI is InChI=1S/C20H28N2O5/c1-11-12(2)18-15(13(3)17(11)24)6-7-20(5,27-18)19(25)22-9-8-21-16(10-22)26-14(4)23/h16,21,24H,6-10H2,1-5H3/t16-,20?/m0/s1. The van der Waals surface area contributed by atoms with E-state index in [1.807, 2.05) is 27.7 Å². The number of rotatable bonds is 2. The van der Waals surface area contributed by atoms with E-state index < -0.39 is 11.8 Å². The van der Waals surface area contributed by atoms with E-state index >= 15 is 0 Å². The molecule has 1 fully saturated rings. The SMILES string of the molecule is CC(=O)O[C@H]1CN(C(=O)C2(C)CCc3c(C)c(O)c(C)c(C)c3O2)CCN1. The van der Waals surface area contributed by atoms with Crippen LogP contribution >= 0.6 is 0 Å². The Balaban J connectivity index is 1.84. The second-order valence-electron chi connectivity index (χ2n) is 7.67. The van der Waals surface area contributed by atoms with Crippen LogP contribution in [0.4, 0.5) is 0 Å². The zero-order valence-corrected chi connectivity index (χ0v) is 16.6. The first-order chi connectivity index (χ1) is 12.6. The van der Waals surface area contributed by atoms with Gasteiger partial charge in [0.25, 0.3) is 5.91 Å². The van der Waals surface area contributed by atoms with E-state index in [4.69, 9.17) is 9.47 Å². The Morgan fingerprint density at radius 3 is 2.63 bits per heavy atom. The van der Waals surface area contributed by atoms with Gasteiger partial charge in [-0.1, -0.05) is 0 Å². The van der Waals surface area contributed by atoms with E-state index in [2.05, 4.69) is 5.32 Å². The molecule has 0 saturated carbocycles. The number of aromatic hydroxyl groups is 1. The lowest BCUT2D eigenvalue weighted by molar-refractivity contribution is -0.159. The van der Waals surface area contributed by atoms with E-state index in [-0.39, 0.29) is 11.9 Å². The molecule has 148 valence electrons. The van der Waals surface area contributed by atoms with Crippen LogP contribution in [0.15, 0.2) is 0 Å². The van der Waals surface area contributed by atoms with Crippen LogP contribution in [0.1, 0.15) is 42.5 Å². The second kappa shape index (κ2) is 7.03. The molecule has 2 N–H and O–H groups in total. The number of nitrogens with zero attached hydrogens (tertiary/aromatic N) is 1. The molecule has 1 aromatic carbocycles. The number of esters is 1. The van der Waals surface area contributed by atoms with Crippen LogP contribution in [0.2, 0.25) is 0 Å². The monoisotopic (exact) mass is 376 g/mol. The van der Waals surface area contributed by atoms with Crippen molar-refractivity contribution in [3.63, 3.8) is 0 Å². The molecule has 0 spiro atoms. The fourth-order valence-electron chi connectivity index (χ4n) is 3.91. The number of hydrogen-bond donors (Lipinski definition) is 2. The molecule has 0 bridgehead atoms. The molecular weight excluding hydrogens is 348 g/mol. The van der Waals surface area contributed by atoms with Crippen molar-refractivity contribution in [3.05, 3.63) is 22.3 Å². The Morgan fingerprint density at radius 1 is 1.26 bits per heavy atom. The minimum absolute atomic E-state index is 0.102. The third-order valence-electron chi connectivity index (χ3n) is 5.71. The number of carbonyl (C=O) groups excluding carboxylic acids is 2. The van der Waals surface area contributed by atoms with Crippen molar-refractivity contribution in [1.29, 1.82) is 0 Å². The first kappa shape index (κ1) is 19.5. The lowest BCUT2D eigenvalue weighted by atomic mass is 9.86. The lowest BCUT2D eigenvalue weighted by Crippen LogP contribution is -2.60. The molecule has 1 amide bonds. The highest BCUT2D eigenvalue weighted by molar-refractivity contribution is 5.86. The highest BCUT2D eigenvalue weighted by atomic mass is 16.6. The fourth-order valence-corrected chi connectivity index (χ4v) is 3.91. The third-order valence-corrected chi connectivity index (χ3v) is 5.71. The fraction of sp³-hybridized carbons (Fsp3) is 0.600. The molecule has 1 aromatic rings. The van der Waals surface area contributed by atoms with E-state index in [1.165, 1.54) is 6.92 Å². The molecule has 7 heteroatoms. The molecule has 0 aliphatic carbocycles. The van der Waals surface area contributed by atoms with E-state index in [0.717, 1.165) is 22.3 Å². The largest absolute Gasteiger partial charge is 0.507 e. The van der Waals surface area contributed by atoms with E-state index in [0.29, 0.717) is 44.0 Å². The van der Waals surface area contributed by atoms with Crippen LogP contribution in [0.3, 0.4) is 0 Å². The van der Waals surface area contributed by atoms with Gasteiger partial charge in [0.1, 0.15) is 11.5 Å². The van der Waals surface area contributed by atoms with Crippen molar-refractivity contribution in [2.24, 2.45) is 0 Å². The number of hydrogen-bond acceptors (Lipinski definition) is 6. The van der Waals surface area contributed by atoms with Crippen molar-refractivity contribution in [3.8, 4) is 11.5 Å². The van der Waals surface area contributed by atoms with Gasteiger partial charge in [-0.2, -0.15) is 0 Å². The van der Waals surface area contributed by atoms with Gasteiger partial charge < -0.3 is 19.5 Å². The maximum atomic E-state index is 13.2. The first-order valence-electron chi connectivity index (χ1n) is 9.34. The van der Waals surface area contributed by atoms with Crippen molar-refractivity contribution in [1.82, 2.24) is 10.2 Å². The van der Waals surface area contributed by atoms with Gasteiger partial charge in [-0.25, -0.2) is 0 Å². The van der Waals surface area contributed by atoms with Gasteiger partial charge in [0, 0.05) is 32.0 Å². The van der Waals surface area contributed by atoms with Gasteiger partial charge >= 0.3 is 5.97 Å². The molecular formula is C20H28N2O5. The highest BCUT2D eigenvalue weighted by Crippen LogP contribution is 2.43. The molecule has 2 atom stereocenters. The lowest BCUT2D eigenvalue weighted by Gasteiger charge is -2.41. The summed E-state index contributed by atoms with van der Waals surface area (Å²) in [6, 6.07) is 0. The number of nitrogens with one attached hydrogen (secondary N) is 1. The van der Waals surface area contributed by atoms with Gasteiger partial charge in [0.15, 0.2) is 11.8 Å². The molecule has 0 radical (unpaired) electrons. The second-order valence-corrected chi connectivity index (χ2v) is 7.67. The summed E-state index contributed by atoms with van der Waals surface area (Å²) in [6.45, 7) is 10.2. The quantitative estimate of drug-likeness (QED) is 0.764. The summed E-state index contributed by atoms with van der Waals surface area (Å²) in [5.41, 5.74) is 2.45. The summed E-state index contributed by atoms with van der Waals surface area (Å²) in [5.74, 6) is 0.527. The van der Waals surface area contributed by atoms with E-state index in [9.17, 15) is 14.7 Å². The molecule has 2 aliphatic rings. The van der Waals surface area contributed by atoms with Crippen molar-refractivity contribution in [2.45, 2.75) is 59.3 Å². The molecule has 7 nitrogen and oxygen atoms in total. The number of fused-ring (bicyclic) bond motifs is 1. The maximum Gasteiger partial charge on any atom is 0.304 e. The minimum atomic E-state index is -0.980. The van der Waals surface area contributed by atoms with Gasteiger partial charge in [-0.3, -0.25) is 14.9 Å². The Labute approximate surface area is 159 Å². The zero-order chi connectivity index (χ0) is 19.9. The Hall–Kier alpha value is -2.28. The predicted molar refractivity (Wildman–Crippen MR) is 99.8 cm³/mol. The average molecular weight is 376 g/mol. The number of ether oxygens (including phenoxy) is 2. The number of carbonyl (C=O) groups is 2. The van der Waals surface area contributed by atoms with Crippen molar-refractivity contribution >= 4 is 11.9 Å². The molecule has 0 aromatic heterocycles. The molecule has 2 heterocycles. The first-order valence-corrected chi connectivity index (χ1v) is 9.34. The van der Waals surface area contributed by atoms with Gasteiger partial charge in [0.05, 0.1) is 6.54 Å². The summed E-state index contributed by atoms with van der Waals surface area (Å²) in [5, 5.41) is 13.4. The van der Waals surface area contributed by atoms with Crippen LogP contribution in [-0.2, 0) is 20.7 Å². The minimum Gasteiger partial charge on any atom is -0.507 e. The van der Waals surface area contributed by atoms with Crippen molar-refractivity contribution < 1.29 is 24.2 Å². The molecule has 27 heavy (non-hydrogen) atoms. The van der Waals surface area contributed by atoms with Crippen LogP contribution in [0.5, 0.6) is 11.5 Å². The topological polar surface area (TPSA) is 88.1 Å². The van der Waals surface area contributed by atoms with Gasteiger partial charge in [0.2, 0.25) is 0 Å². The number of phenols is 1. The van der Waals surface area contributed by atoms with E-state index in [1.54, 1.807) is 4.90 Å². The molecule has 1 saturated heterocycles. The normalized spacial score (nSPS) is 24.8. The van der Waals surface area contributed by atoms with Gasteiger partial charge in [-0.15, -0.1) is 0 Å². The number of amides is 1. The highest BCUT2D eigenvalue weighted by Gasteiger charge is 2.44. The Morgan fingerprint density at radius 2 is 1.96 bits per heavy atom. The molecule has 3 rings (SSSR count). The summed E-state index contributed by atoms with van der Waals surface area (Å²) >= 11 is 0. The molecule has 1 unspecified atom stereocenters. The van der Waals surface area contributed by atoms with Crippen molar-refractivity contribution in [2.75, 3.05) is 19.6 Å². The number of piperazine rings is 1. The Bertz CT molecular complexity index is 791. The summed E-state index contributed by atoms with van der Waals surface area (Å²) in [7, 11) is 0. The van der Waals surface area contributed by atoms with Crippen LogP contribution in [-0.4, -0.2) is 53.3 Å². The average Bonchev–Trinajstić information content (AvgIpc) is 2.63. The van der Waals surface area contributed by atoms with Gasteiger partial charge in [-0.05, 0) is 50.8 Å². The number of phenolic OH excluding ortho intramolecular Hbond substituents is 1. The predicted octanol–water partition coefficient (Wildman–Crippen LogP) is 1.72. The van der Waals surface area contributed by atoms with Crippen LogP contribution in [0, 0.1) is 20.8 Å². The van der Waals surface area contributed by atoms with Crippen LogP contribution < -0.4 is 10.1 Å². The zero-order valence-electron chi connectivity index (χ0n) is 16.6. The summed E-state index contributed by atoms with van der Waals surface area (Å²) in [4.78, 5) is 26.2. The maximum absolute atomic E-state index is 13.2. The summed E-state index contributed by atoms with van der Waals surface area (Å²) in [6.07, 6.45) is 0.698.